The molecule has 0 bridgehead atoms. The summed E-state index contributed by atoms with van der Waals surface area (Å²) in [6.07, 6.45) is 0. The summed E-state index contributed by atoms with van der Waals surface area (Å²) >= 11 is 0. The first-order valence-electron chi connectivity index (χ1n) is 5.72. The first kappa shape index (κ1) is 13.0. The molecule has 0 atom stereocenters. The Hall–Kier alpha value is -2.47. The first-order chi connectivity index (χ1) is 9.13. The number of pyridine rings is 1. The van der Waals surface area contributed by atoms with E-state index in [1.54, 1.807) is 24.3 Å². The smallest absolute Gasteiger partial charge is 0.270 e. The molecule has 98 valence electrons. The highest BCUT2D eigenvalue weighted by molar-refractivity contribution is 6.07. The van der Waals surface area contributed by atoms with Gasteiger partial charge >= 0.3 is 0 Å². The molecule has 0 aliphatic rings. The van der Waals surface area contributed by atoms with Gasteiger partial charge in [-0.3, -0.25) is 9.59 Å². The minimum Gasteiger partial charge on any atom is -0.395 e. The number of nitrogens with zero attached hydrogens (tertiary/aromatic N) is 1. The van der Waals surface area contributed by atoms with E-state index in [0.29, 0.717) is 10.9 Å². The number of aliphatic hydroxyl groups excluding tert-OH is 1. The molecule has 6 heteroatoms. The zero-order chi connectivity index (χ0) is 13.8. The molecule has 1 aromatic heterocycles. The Balaban J connectivity index is 2.52. The van der Waals surface area contributed by atoms with E-state index in [9.17, 15) is 9.59 Å². The van der Waals surface area contributed by atoms with Crippen molar-refractivity contribution in [2.45, 2.75) is 0 Å². The van der Waals surface area contributed by atoms with E-state index in [1.165, 1.54) is 6.07 Å². The lowest BCUT2D eigenvalue weighted by Gasteiger charge is -2.07. The number of benzene rings is 1. The largest absolute Gasteiger partial charge is 0.395 e. The number of amides is 2. The summed E-state index contributed by atoms with van der Waals surface area (Å²) in [6, 6.07) is 8.30. The Morgan fingerprint density at radius 1 is 1.32 bits per heavy atom. The summed E-state index contributed by atoms with van der Waals surface area (Å²) in [5.74, 6) is -1.07. The van der Waals surface area contributed by atoms with Crippen molar-refractivity contribution in [1.29, 1.82) is 0 Å². The molecule has 6 nitrogen and oxygen atoms in total. The zero-order valence-electron chi connectivity index (χ0n) is 10.1. The normalized spacial score (nSPS) is 10.4. The van der Waals surface area contributed by atoms with Gasteiger partial charge in [0.2, 0.25) is 5.91 Å². The van der Waals surface area contributed by atoms with Crippen molar-refractivity contribution >= 4 is 22.7 Å². The molecule has 4 N–H and O–H groups in total. The lowest BCUT2D eigenvalue weighted by Crippen LogP contribution is -2.27. The molecule has 0 aliphatic heterocycles. The number of aromatic nitrogens is 1. The molecule has 19 heavy (non-hydrogen) atoms. The second-order valence-corrected chi connectivity index (χ2v) is 3.92. The van der Waals surface area contributed by atoms with Gasteiger partial charge in [0.05, 0.1) is 17.7 Å². The Bertz CT molecular complexity index is 640. The number of carbonyl (C=O) groups is 2. The van der Waals surface area contributed by atoms with E-state index in [0.717, 1.165) is 0 Å². The van der Waals surface area contributed by atoms with Crippen LogP contribution in [-0.4, -0.2) is 35.1 Å². The maximum Gasteiger partial charge on any atom is 0.270 e. The highest BCUT2D eigenvalue weighted by Gasteiger charge is 2.14. The summed E-state index contributed by atoms with van der Waals surface area (Å²) in [7, 11) is 0. The standard InChI is InChI=1S/C13H13N3O3/c14-12(18)9-7-11(13(19)15-5-6-17)16-10-4-2-1-3-8(9)10/h1-4,7,17H,5-6H2,(H2,14,18)(H,15,19). The van der Waals surface area contributed by atoms with Crippen LogP contribution in [0.5, 0.6) is 0 Å². The number of nitrogens with two attached hydrogens (primary N) is 1. The quantitative estimate of drug-likeness (QED) is 0.721. The average molecular weight is 259 g/mol. The van der Waals surface area contributed by atoms with Crippen LogP contribution in [0.3, 0.4) is 0 Å². The van der Waals surface area contributed by atoms with Gasteiger partial charge in [0.25, 0.3) is 5.91 Å². The van der Waals surface area contributed by atoms with Crippen molar-refractivity contribution in [3.05, 3.63) is 41.6 Å². The fourth-order valence-electron chi connectivity index (χ4n) is 1.76. The Kier molecular flexibility index (Phi) is 3.72. The summed E-state index contributed by atoms with van der Waals surface area (Å²) in [4.78, 5) is 27.4. The number of para-hydroxylation sites is 1. The summed E-state index contributed by atoms with van der Waals surface area (Å²) < 4.78 is 0. The highest BCUT2D eigenvalue weighted by atomic mass is 16.3. The van der Waals surface area contributed by atoms with Gasteiger partial charge in [-0.05, 0) is 12.1 Å². The number of hydrogen-bond donors (Lipinski definition) is 3. The van der Waals surface area contributed by atoms with E-state index in [-0.39, 0.29) is 24.4 Å². The Labute approximate surface area is 109 Å². The van der Waals surface area contributed by atoms with E-state index in [4.69, 9.17) is 10.8 Å². The van der Waals surface area contributed by atoms with Crippen molar-refractivity contribution in [3.8, 4) is 0 Å². The van der Waals surface area contributed by atoms with Crippen molar-refractivity contribution in [3.63, 3.8) is 0 Å². The topological polar surface area (TPSA) is 105 Å². The van der Waals surface area contributed by atoms with Gasteiger partial charge < -0.3 is 16.2 Å². The van der Waals surface area contributed by atoms with Crippen LogP contribution >= 0.6 is 0 Å². The number of carbonyl (C=O) groups excluding carboxylic acids is 2. The minimum atomic E-state index is -0.616. The van der Waals surface area contributed by atoms with Crippen molar-refractivity contribution in [1.82, 2.24) is 10.3 Å². The Morgan fingerprint density at radius 2 is 2.05 bits per heavy atom. The molecule has 1 aromatic carbocycles. The SMILES string of the molecule is NC(=O)c1cc(C(=O)NCCO)nc2ccccc12. The molecule has 0 aliphatic carbocycles. The van der Waals surface area contributed by atoms with E-state index in [1.807, 2.05) is 0 Å². The maximum absolute atomic E-state index is 11.8. The third-order valence-electron chi connectivity index (χ3n) is 2.61. The molecule has 0 spiro atoms. The van der Waals surface area contributed by atoms with Crippen molar-refractivity contribution in [2.75, 3.05) is 13.2 Å². The lowest BCUT2D eigenvalue weighted by molar-refractivity contribution is 0.0940. The van der Waals surface area contributed by atoms with E-state index >= 15 is 0 Å². The molecule has 2 aromatic rings. The molecular weight excluding hydrogens is 246 g/mol. The molecule has 1 heterocycles. The summed E-state index contributed by atoms with van der Waals surface area (Å²) in [6.45, 7) is -0.0404. The fraction of sp³-hybridized carbons (Fsp3) is 0.154. The molecule has 0 unspecified atom stereocenters. The van der Waals surface area contributed by atoms with Crippen LogP contribution in [-0.2, 0) is 0 Å². The number of nitrogens with one attached hydrogen (secondary N) is 1. The van der Waals surface area contributed by atoms with Gasteiger partial charge in [0.15, 0.2) is 0 Å². The lowest BCUT2D eigenvalue weighted by atomic mass is 10.1. The second kappa shape index (κ2) is 5.45. The molecule has 0 saturated heterocycles. The van der Waals surface area contributed by atoms with Gasteiger partial charge in [-0.25, -0.2) is 4.98 Å². The van der Waals surface area contributed by atoms with Crippen LogP contribution in [0.2, 0.25) is 0 Å². The van der Waals surface area contributed by atoms with E-state index in [2.05, 4.69) is 10.3 Å². The van der Waals surface area contributed by atoms with Crippen molar-refractivity contribution < 1.29 is 14.7 Å². The third kappa shape index (κ3) is 2.69. The Morgan fingerprint density at radius 3 is 2.74 bits per heavy atom. The van der Waals surface area contributed by atoms with Crippen molar-refractivity contribution in [2.24, 2.45) is 5.73 Å². The molecular formula is C13H13N3O3. The van der Waals surface area contributed by atoms with Crippen LogP contribution in [0.1, 0.15) is 20.8 Å². The van der Waals surface area contributed by atoms with Crippen LogP contribution < -0.4 is 11.1 Å². The predicted molar refractivity (Wildman–Crippen MR) is 69.7 cm³/mol. The predicted octanol–water partition coefficient (Wildman–Crippen LogP) is 0.0558. The molecule has 2 rings (SSSR count). The summed E-state index contributed by atoms with van der Waals surface area (Å²) in [5, 5.41) is 11.7. The number of rotatable bonds is 4. The number of fused-ring (bicyclic) bond motifs is 1. The van der Waals surface area contributed by atoms with Crippen LogP contribution in [0.15, 0.2) is 30.3 Å². The van der Waals surface area contributed by atoms with Crippen LogP contribution in [0.4, 0.5) is 0 Å². The third-order valence-corrected chi connectivity index (χ3v) is 2.61. The van der Waals surface area contributed by atoms with Gasteiger partial charge in [-0.2, -0.15) is 0 Å². The zero-order valence-corrected chi connectivity index (χ0v) is 10.1. The number of hydrogen-bond acceptors (Lipinski definition) is 4. The number of primary amides is 1. The molecule has 0 fully saturated rings. The first-order valence-corrected chi connectivity index (χ1v) is 5.72. The highest BCUT2D eigenvalue weighted by Crippen LogP contribution is 2.17. The number of aliphatic hydroxyl groups is 1. The van der Waals surface area contributed by atoms with Gasteiger partial charge in [0, 0.05) is 11.9 Å². The van der Waals surface area contributed by atoms with E-state index < -0.39 is 11.8 Å². The summed E-state index contributed by atoms with van der Waals surface area (Å²) in [5.41, 5.74) is 6.18. The monoisotopic (exact) mass is 259 g/mol. The van der Waals surface area contributed by atoms with Gasteiger partial charge in [-0.15, -0.1) is 0 Å². The van der Waals surface area contributed by atoms with Gasteiger partial charge in [-0.1, -0.05) is 18.2 Å². The fourth-order valence-corrected chi connectivity index (χ4v) is 1.76. The molecule has 0 radical (unpaired) electrons. The molecule has 2 amide bonds. The molecule has 0 saturated carbocycles. The second-order valence-electron chi connectivity index (χ2n) is 3.92. The average Bonchev–Trinajstić information content (AvgIpc) is 2.43. The maximum atomic E-state index is 11.8. The van der Waals surface area contributed by atoms with Gasteiger partial charge in [0.1, 0.15) is 5.69 Å². The van der Waals surface area contributed by atoms with Crippen LogP contribution in [0.25, 0.3) is 10.9 Å². The van der Waals surface area contributed by atoms with Crippen LogP contribution in [0, 0.1) is 0 Å². The minimum absolute atomic E-state index is 0.0981.